The fourth-order valence-electron chi connectivity index (χ4n) is 3.03. The highest BCUT2D eigenvalue weighted by atomic mass is 32.2. The second-order valence-electron chi connectivity index (χ2n) is 6.42. The maximum absolute atomic E-state index is 13.2. The van der Waals surface area contributed by atoms with Crippen molar-refractivity contribution in [2.24, 2.45) is 0 Å². The Bertz CT molecular complexity index is 974. The third kappa shape index (κ3) is 3.75. The quantitative estimate of drug-likeness (QED) is 0.434. The molecule has 2 unspecified atom stereocenters. The zero-order valence-corrected chi connectivity index (χ0v) is 16.2. The van der Waals surface area contributed by atoms with Gasteiger partial charge in [0, 0.05) is 11.8 Å². The number of allylic oxidation sites excluding steroid dienone is 1. The van der Waals surface area contributed by atoms with Crippen LogP contribution in [0.4, 0.5) is 4.39 Å². The van der Waals surface area contributed by atoms with E-state index in [0.717, 1.165) is 16.5 Å². The molecule has 3 aromatic rings. The van der Waals surface area contributed by atoms with Gasteiger partial charge in [-0.05, 0) is 36.8 Å². The number of ether oxygens (including phenoxy) is 2. The van der Waals surface area contributed by atoms with Gasteiger partial charge < -0.3 is 9.47 Å². The van der Waals surface area contributed by atoms with E-state index in [4.69, 9.17) is 9.47 Å². The molecule has 0 N–H and O–H groups in total. The number of halogens is 1. The van der Waals surface area contributed by atoms with Crippen LogP contribution >= 0.6 is 11.8 Å². The van der Waals surface area contributed by atoms with Gasteiger partial charge in [-0.3, -0.25) is 4.57 Å². The van der Waals surface area contributed by atoms with Crippen molar-refractivity contribution < 1.29 is 13.9 Å². The molecular formula is C21H20FN3O2S. The minimum Gasteiger partial charge on any atom is -0.485 e. The van der Waals surface area contributed by atoms with Crippen LogP contribution in [0, 0.1) is 5.82 Å². The molecule has 1 aliphatic heterocycles. The summed E-state index contributed by atoms with van der Waals surface area (Å²) in [6, 6.07) is 14.1. The number of rotatable bonds is 6. The first-order valence-corrected chi connectivity index (χ1v) is 9.88. The zero-order valence-electron chi connectivity index (χ0n) is 15.4. The van der Waals surface area contributed by atoms with E-state index in [9.17, 15) is 4.39 Å². The SMILES string of the molecule is C=CCn1c(SC(C)c2ccc(F)cc2)nnc1C1COc2ccccc2O1. The number of para-hydroxylation sites is 2. The highest BCUT2D eigenvalue weighted by Crippen LogP contribution is 2.38. The minimum absolute atomic E-state index is 0.0884. The molecule has 1 aromatic heterocycles. The monoisotopic (exact) mass is 397 g/mol. The summed E-state index contributed by atoms with van der Waals surface area (Å²) in [6.45, 7) is 6.83. The Morgan fingerprint density at radius 3 is 2.71 bits per heavy atom. The van der Waals surface area contributed by atoms with Gasteiger partial charge in [0.15, 0.2) is 28.6 Å². The van der Waals surface area contributed by atoms with Crippen molar-refractivity contribution in [2.45, 2.75) is 30.0 Å². The van der Waals surface area contributed by atoms with Gasteiger partial charge in [-0.25, -0.2) is 4.39 Å². The molecule has 2 aromatic carbocycles. The topological polar surface area (TPSA) is 49.2 Å². The molecule has 0 spiro atoms. The van der Waals surface area contributed by atoms with Crippen molar-refractivity contribution in [3.63, 3.8) is 0 Å². The lowest BCUT2D eigenvalue weighted by molar-refractivity contribution is 0.0821. The molecule has 2 heterocycles. The van der Waals surface area contributed by atoms with Crippen molar-refractivity contribution in [1.82, 2.24) is 14.8 Å². The fourth-order valence-corrected chi connectivity index (χ4v) is 4.03. The van der Waals surface area contributed by atoms with Crippen LogP contribution < -0.4 is 9.47 Å². The van der Waals surface area contributed by atoms with E-state index < -0.39 is 0 Å². The Kier molecular flexibility index (Phi) is 5.34. The molecule has 0 amide bonds. The Morgan fingerprint density at radius 2 is 1.96 bits per heavy atom. The van der Waals surface area contributed by atoms with Crippen molar-refractivity contribution in [3.05, 3.63) is 78.4 Å². The third-order valence-corrected chi connectivity index (χ3v) is 5.61. The molecule has 0 aliphatic carbocycles. The lowest BCUT2D eigenvalue weighted by Crippen LogP contribution is -2.25. The number of fused-ring (bicyclic) bond motifs is 1. The van der Waals surface area contributed by atoms with Gasteiger partial charge >= 0.3 is 0 Å². The summed E-state index contributed by atoms with van der Waals surface area (Å²) < 4.78 is 27.1. The molecule has 7 heteroatoms. The van der Waals surface area contributed by atoms with Gasteiger partial charge in [-0.2, -0.15) is 0 Å². The van der Waals surface area contributed by atoms with E-state index in [0.29, 0.717) is 24.7 Å². The number of benzene rings is 2. The smallest absolute Gasteiger partial charge is 0.192 e. The summed E-state index contributed by atoms with van der Waals surface area (Å²) in [5.41, 5.74) is 1.02. The highest BCUT2D eigenvalue weighted by molar-refractivity contribution is 7.99. The van der Waals surface area contributed by atoms with E-state index in [1.54, 1.807) is 30.0 Å². The summed E-state index contributed by atoms with van der Waals surface area (Å²) in [7, 11) is 0. The molecule has 0 saturated heterocycles. The first kappa shape index (κ1) is 18.6. The van der Waals surface area contributed by atoms with E-state index >= 15 is 0 Å². The predicted molar refractivity (Wildman–Crippen MR) is 106 cm³/mol. The van der Waals surface area contributed by atoms with Crippen LogP contribution in [0.1, 0.15) is 29.7 Å². The summed E-state index contributed by atoms with van der Waals surface area (Å²) in [5.74, 6) is 1.88. The number of thioether (sulfide) groups is 1. The normalized spacial score (nSPS) is 16.6. The summed E-state index contributed by atoms with van der Waals surface area (Å²) in [5, 5.41) is 9.59. The van der Waals surface area contributed by atoms with E-state index in [-0.39, 0.29) is 17.2 Å². The van der Waals surface area contributed by atoms with E-state index in [1.165, 1.54) is 12.1 Å². The predicted octanol–water partition coefficient (Wildman–Crippen LogP) is 4.97. The van der Waals surface area contributed by atoms with E-state index in [2.05, 4.69) is 23.7 Å². The Morgan fingerprint density at radius 1 is 1.21 bits per heavy atom. The summed E-state index contributed by atoms with van der Waals surface area (Å²) in [4.78, 5) is 0. The first-order chi connectivity index (χ1) is 13.7. The number of aromatic nitrogens is 3. The van der Waals surface area contributed by atoms with Crippen LogP contribution in [-0.2, 0) is 6.54 Å². The molecule has 144 valence electrons. The van der Waals surface area contributed by atoms with Crippen LogP contribution in [0.2, 0.25) is 0 Å². The highest BCUT2D eigenvalue weighted by Gasteiger charge is 2.28. The second-order valence-corrected chi connectivity index (χ2v) is 7.72. The lowest BCUT2D eigenvalue weighted by Gasteiger charge is -2.26. The molecule has 0 radical (unpaired) electrons. The average molecular weight is 397 g/mol. The molecule has 28 heavy (non-hydrogen) atoms. The largest absolute Gasteiger partial charge is 0.485 e. The van der Waals surface area contributed by atoms with Gasteiger partial charge in [0.2, 0.25) is 0 Å². The van der Waals surface area contributed by atoms with E-state index in [1.807, 2.05) is 28.8 Å². The number of hydrogen-bond donors (Lipinski definition) is 0. The van der Waals surface area contributed by atoms with Crippen LogP contribution in [0.5, 0.6) is 11.5 Å². The summed E-state index contributed by atoms with van der Waals surface area (Å²) >= 11 is 1.56. The summed E-state index contributed by atoms with van der Waals surface area (Å²) in [6.07, 6.45) is 1.45. The molecule has 1 aliphatic rings. The van der Waals surface area contributed by atoms with Crippen molar-refractivity contribution in [2.75, 3.05) is 6.61 Å². The van der Waals surface area contributed by atoms with Gasteiger partial charge in [0.25, 0.3) is 0 Å². The standard InChI is InChI=1S/C21H20FN3O2S/c1-3-12-25-20(19-13-26-17-6-4-5-7-18(17)27-19)23-24-21(25)28-14(2)15-8-10-16(22)11-9-15/h3-11,14,19H,1,12-13H2,2H3. The van der Waals surface area contributed by atoms with Crippen molar-refractivity contribution >= 4 is 11.8 Å². The van der Waals surface area contributed by atoms with Crippen LogP contribution in [0.25, 0.3) is 0 Å². The molecular weight excluding hydrogens is 377 g/mol. The molecule has 2 atom stereocenters. The zero-order chi connectivity index (χ0) is 19.5. The van der Waals surface area contributed by atoms with Gasteiger partial charge in [-0.1, -0.05) is 42.1 Å². The van der Waals surface area contributed by atoms with Crippen molar-refractivity contribution in [1.29, 1.82) is 0 Å². The molecule has 4 rings (SSSR count). The Balaban J connectivity index is 1.57. The van der Waals surface area contributed by atoms with Gasteiger partial charge in [-0.15, -0.1) is 16.8 Å². The average Bonchev–Trinajstić information content (AvgIpc) is 3.10. The molecule has 0 fully saturated rings. The molecule has 0 saturated carbocycles. The molecule has 0 bridgehead atoms. The van der Waals surface area contributed by atoms with Gasteiger partial charge in [0.1, 0.15) is 12.4 Å². The maximum atomic E-state index is 13.2. The Labute approximate surface area is 167 Å². The maximum Gasteiger partial charge on any atom is 0.192 e. The number of nitrogens with zero attached hydrogens (tertiary/aromatic N) is 3. The van der Waals surface area contributed by atoms with Crippen LogP contribution in [0.3, 0.4) is 0 Å². The fraction of sp³-hybridized carbons (Fsp3) is 0.238. The molecule has 5 nitrogen and oxygen atoms in total. The lowest BCUT2D eigenvalue weighted by atomic mass is 10.2. The van der Waals surface area contributed by atoms with Crippen LogP contribution in [0.15, 0.2) is 66.3 Å². The number of hydrogen-bond acceptors (Lipinski definition) is 5. The first-order valence-electron chi connectivity index (χ1n) is 9.00. The van der Waals surface area contributed by atoms with Crippen LogP contribution in [-0.4, -0.2) is 21.4 Å². The van der Waals surface area contributed by atoms with Gasteiger partial charge in [0.05, 0.1) is 0 Å². The Hall–Kier alpha value is -2.80. The second kappa shape index (κ2) is 8.06. The third-order valence-electron chi connectivity index (χ3n) is 4.48. The minimum atomic E-state index is -0.349. The van der Waals surface area contributed by atoms with Crippen molar-refractivity contribution in [3.8, 4) is 11.5 Å².